The van der Waals surface area contributed by atoms with E-state index in [1.807, 2.05) is 19.1 Å². The maximum Gasteiger partial charge on any atom is 0.323 e. The van der Waals surface area contributed by atoms with Gasteiger partial charge < -0.3 is 9.47 Å². The predicted octanol–water partition coefficient (Wildman–Crippen LogP) is 3.95. The predicted molar refractivity (Wildman–Crippen MR) is 134 cm³/mol. The first-order valence-corrected chi connectivity index (χ1v) is 13.9. The Labute approximate surface area is 212 Å². The molecule has 4 aliphatic rings. The van der Waals surface area contributed by atoms with Crippen LogP contribution in [0.4, 0.5) is 0 Å². The van der Waals surface area contributed by atoms with Gasteiger partial charge in [0.25, 0.3) is 0 Å². The molecule has 0 unspecified atom stereocenters. The van der Waals surface area contributed by atoms with E-state index in [1.165, 1.54) is 30.9 Å². The highest BCUT2D eigenvalue weighted by Crippen LogP contribution is 2.59. The van der Waals surface area contributed by atoms with Crippen molar-refractivity contribution in [3.8, 4) is 0 Å². The Hall–Kier alpha value is -2.71. The van der Waals surface area contributed by atoms with Crippen LogP contribution >= 0.6 is 0 Å². The average molecular weight is 512 g/mol. The van der Waals surface area contributed by atoms with E-state index in [-0.39, 0.29) is 17.8 Å². The monoisotopic (exact) mass is 511 g/mol. The lowest BCUT2D eigenvalue weighted by Gasteiger charge is -2.43. The van der Waals surface area contributed by atoms with Crippen LogP contribution in [0.1, 0.15) is 37.7 Å². The Kier molecular flexibility index (Phi) is 6.24. The van der Waals surface area contributed by atoms with Crippen LogP contribution in [0.15, 0.2) is 64.1 Å². The average Bonchev–Trinajstić information content (AvgIpc) is 3.30. The molecule has 1 heterocycles. The van der Waals surface area contributed by atoms with Crippen LogP contribution in [0, 0.1) is 30.1 Å². The number of hydrogen-bond donors (Lipinski definition) is 0. The van der Waals surface area contributed by atoms with E-state index in [0.29, 0.717) is 37.2 Å². The molecular formula is C28H33NO6S. The van der Waals surface area contributed by atoms with Gasteiger partial charge in [0.05, 0.1) is 19.1 Å². The zero-order valence-electron chi connectivity index (χ0n) is 21.1. The summed E-state index contributed by atoms with van der Waals surface area (Å²) in [6.07, 6.45) is 5.13. The van der Waals surface area contributed by atoms with Crippen molar-refractivity contribution < 1.29 is 27.5 Å². The van der Waals surface area contributed by atoms with Crippen molar-refractivity contribution in [3.05, 3.63) is 64.8 Å². The fourth-order valence-corrected chi connectivity index (χ4v) is 8.24. The molecule has 0 spiro atoms. The number of hydrogen-bond acceptors (Lipinski definition) is 6. The molecule has 0 N–H and O–H groups in total. The van der Waals surface area contributed by atoms with Crippen molar-refractivity contribution >= 4 is 22.0 Å². The van der Waals surface area contributed by atoms with Gasteiger partial charge in [-0.1, -0.05) is 52.6 Å². The van der Waals surface area contributed by atoms with Crippen LogP contribution in [0.25, 0.3) is 0 Å². The van der Waals surface area contributed by atoms with Gasteiger partial charge in [-0.25, -0.2) is 8.42 Å². The third kappa shape index (κ3) is 3.77. The number of ether oxygens (including phenoxy) is 2. The summed E-state index contributed by atoms with van der Waals surface area (Å²) < 4.78 is 38.6. The van der Waals surface area contributed by atoms with Crippen molar-refractivity contribution in [2.45, 2.75) is 43.9 Å². The fraction of sp³-hybridized carbons (Fsp3) is 0.500. The van der Waals surface area contributed by atoms with Gasteiger partial charge in [-0.3, -0.25) is 9.59 Å². The van der Waals surface area contributed by atoms with Gasteiger partial charge in [0.1, 0.15) is 0 Å². The molecular weight excluding hydrogens is 478 g/mol. The number of carbonyl (C=O) groups excluding carboxylic acids is 2. The lowest BCUT2D eigenvalue weighted by molar-refractivity contribution is -0.169. The topological polar surface area (TPSA) is 90.0 Å². The number of rotatable bonds is 4. The second kappa shape index (κ2) is 8.99. The summed E-state index contributed by atoms with van der Waals surface area (Å²) in [5.41, 5.74) is 4.44. The number of benzene rings is 1. The molecule has 0 saturated heterocycles. The zero-order chi connectivity index (χ0) is 25.8. The van der Waals surface area contributed by atoms with Crippen LogP contribution in [0.5, 0.6) is 0 Å². The van der Waals surface area contributed by atoms with Crippen LogP contribution in [0.2, 0.25) is 0 Å². The fourth-order valence-electron chi connectivity index (χ4n) is 6.84. The van der Waals surface area contributed by atoms with Crippen molar-refractivity contribution in [3.63, 3.8) is 0 Å². The molecule has 3 atom stereocenters. The van der Waals surface area contributed by atoms with Gasteiger partial charge in [0, 0.05) is 19.0 Å². The van der Waals surface area contributed by atoms with Crippen LogP contribution < -0.4 is 0 Å². The molecule has 0 bridgehead atoms. The molecule has 7 nitrogen and oxygen atoms in total. The molecule has 192 valence electrons. The first-order chi connectivity index (χ1) is 17.1. The Morgan fingerprint density at radius 3 is 2.28 bits per heavy atom. The van der Waals surface area contributed by atoms with Gasteiger partial charge in [0.15, 0.2) is 5.41 Å². The number of allylic oxidation sites excluding steroid dienone is 2. The lowest BCUT2D eigenvalue weighted by atomic mass is 9.65. The molecule has 1 fully saturated rings. The minimum absolute atomic E-state index is 0.00321. The minimum Gasteiger partial charge on any atom is -0.468 e. The van der Waals surface area contributed by atoms with Gasteiger partial charge in [-0.15, -0.1) is 0 Å². The van der Waals surface area contributed by atoms with Crippen molar-refractivity contribution in [1.82, 2.24) is 4.31 Å². The number of esters is 2. The summed E-state index contributed by atoms with van der Waals surface area (Å²) >= 11 is 0. The highest BCUT2D eigenvalue weighted by atomic mass is 32.2. The molecule has 0 radical (unpaired) electrons. The molecule has 1 saturated carbocycles. The van der Waals surface area contributed by atoms with E-state index in [0.717, 1.165) is 24.0 Å². The smallest absolute Gasteiger partial charge is 0.323 e. The number of aryl methyl sites for hydroxylation is 1. The minimum atomic E-state index is -3.62. The molecule has 8 heteroatoms. The Morgan fingerprint density at radius 2 is 1.64 bits per heavy atom. The van der Waals surface area contributed by atoms with E-state index in [9.17, 15) is 18.0 Å². The Bertz CT molecular complexity index is 1270. The highest BCUT2D eigenvalue weighted by molar-refractivity contribution is 7.89. The first-order valence-electron chi connectivity index (χ1n) is 12.4. The van der Waals surface area contributed by atoms with Gasteiger partial charge >= 0.3 is 11.9 Å². The third-order valence-corrected chi connectivity index (χ3v) is 10.6. The van der Waals surface area contributed by atoms with Crippen molar-refractivity contribution in [2.75, 3.05) is 27.3 Å². The summed E-state index contributed by atoms with van der Waals surface area (Å²) in [4.78, 5) is 26.0. The van der Waals surface area contributed by atoms with E-state index in [4.69, 9.17) is 9.47 Å². The van der Waals surface area contributed by atoms with Crippen molar-refractivity contribution in [2.24, 2.45) is 23.2 Å². The maximum atomic E-state index is 13.4. The maximum absolute atomic E-state index is 13.4. The van der Waals surface area contributed by atoms with E-state index in [2.05, 4.69) is 12.7 Å². The number of sulfonamides is 1. The van der Waals surface area contributed by atoms with E-state index >= 15 is 0 Å². The van der Waals surface area contributed by atoms with Crippen LogP contribution in [-0.2, 0) is 29.1 Å². The van der Waals surface area contributed by atoms with Gasteiger partial charge in [-0.05, 0) is 63.0 Å². The summed E-state index contributed by atoms with van der Waals surface area (Å²) in [6, 6.07) is 6.97. The second-order valence-corrected chi connectivity index (χ2v) is 12.5. The van der Waals surface area contributed by atoms with E-state index < -0.39 is 27.4 Å². The molecule has 1 aliphatic heterocycles. The standard InChI is InChI=1S/C28H33NO6S/c1-17-5-8-20(9-6-17)36(32,33)29-12-11-19-7-10-21-22(25(19)16-29)13-18(2)23-14-28(15-24(21)23,26(30)34-3)27(31)35-4/h5-6,8-9,11,23-25H,2,7,10,12-16H2,1,3-4H3/t23-,24+,25-/m0/s1. The third-order valence-electron chi connectivity index (χ3n) is 8.73. The summed E-state index contributed by atoms with van der Waals surface area (Å²) in [5, 5.41) is 0. The summed E-state index contributed by atoms with van der Waals surface area (Å²) in [5.74, 6) is -1.11. The SMILES string of the molecule is C=C1CC2=C(CCC3=CCN(S(=O)(=O)c4ccc(C)cc4)C[C@@H]32)[C@H]2CC(C(=O)OC)(C(=O)OC)C[C@@H]12. The summed E-state index contributed by atoms with van der Waals surface area (Å²) in [6.45, 7) is 7.05. The molecule has 5 rings (SSSR count). The number of nitrogens with zero attached hydrogens (tertiary/aromatic N) is 1. The summed E-state index contributed by atoms with van der Waals surface area (Å²) in [7, 11) is -1.02. The molecule has 36 heavy (non-hydrogen) atoms. The normalized spacial score (nSPS) is 27.5. The molecule has 3 aliphatic carbocycles. The number of methoxy groups -OCH3 is 2. The molecule has 0 aromatic heterocycles. The number of fused-ring (bicyclic) bond motifs is 4. The lowest BCUT2D eigenvalue weighted by Crippen LogP contribution is -2.42. The largest absolute Gasteiger partial charge is 0.468 e. The Balaban J connectivity index is 1.49. The van der Waals surface area contributed by atoms with Crippen LogP contribution in [0.3, 0.4) is 0 Å². The Morgan fingerprint density at radius 1 is 1.00 bits per heavy atom. The van der Waals surface area contributed by atoms with Gasteiger partial charge in [0.2, 0.25) is 10.0 Å². The quantitative estimate of drug-likeness (QED) is 0.345. The molecule has 0 amide bonds. The van der Waals surface area contributed by atoms with E-state index in [1.54, 1.807) is 16.4 Å². The number of carbonyl (C=O) groups is 2. The van der Waals surface area contributed by atoms with Gasteiger partial charge in [-0.2, -0.15) is 4.31 Å². The first kappa shape index (κ1) is 25.0. The molecule has 1 aromatic carbocycles. The van der Waals surface area contributed by atoms with Crippen molar-refractivity contribution in [1.29, 1.82) is 0 Å². The zero-order valence-corrected chi connectivity index (χ0v) is 21.9. The highest BCUT2D eigenvalue weighted by Gasteiger charge is 2.60. The second-order valence-electron chi connectivity index (χ2n) is 10.5. The van der Waals surface area contributed by atoms with Crippen LogP contribution in [-0.4, -0.2) is 52.0 Å². The molecule has 1 aromatic rings.